The van der Waals surface area contributed by atoms with Crippen LogP contribution in [0, 0.1) is 17.5 Å². The highest BCUT2D eigenvalue weighted by molar-refractivity contribution is 5.94. The molecule has 0 radical (unpaired) electrons. The third kappa shape index (κ3) is 4.52. The highest BCUT2D eigenvalue weighted by Crippen LogP contribution is 2.27. The van der Waals surface area contributed by atoms with Gasteiger partial charge in [-0.25, -0.2) is 13.2 Å². The summed E-state index contributed by atoms with van der Waals surface area (Å²) in [6.45, 7) is 6.58. The Balaban J connectivity index is 1.51. The molecule has 1 atom stereocenters. The molecule has 0 spiro atoms. The maximum Gasteiger partial charge on any atom is 0.274 e. The second-order valence-electron chi connectivity index (χ2n) is 7.84. The van der Waals surface area contributed by atoms with Crippen LogP contribution in [0.5, 0.6) is 0 Å². The fourth-order valence-electron chi connectivity index (χ4n) is 4.20. The molecular weight excluding hydrogens is 409 g/mol. The summed E-state index contributed by atoms with van der Waals surface area (Å²) in [5, 5.41) is 7.87. The molecule has 2 aromatic rings. The predicted octanol–water partition coefficient (Wildman–Crippen LogP) is 2.61. The Hall–Kier alpha value is -2.65. The van der Waals surface area contributed by atoms with E-state index in [2.05, 4.69) is 17.0 Å². The van der Waals surface area contributed by atoms with Crippen LogP contribution >= 0.6 is 0 Å². The Morgan fingerprint density at radius 3 is 2.65 bits per heavy atom. The summed E-state index contributed by atoms with van der Waals surface area (Å²) < 4.78 is 47.3. The maximum absolute atomic E-state index is 13.5. The predicted molar refractivity (Wildman–Crippen MR) is 108 cm³/mol. The zero-order chi connectivity index (χ0) is 22.0. The monoisotopic (exact) mass is 434 g/mol. The Kier molecular flexibility index (Phi) is 6.43. The number of ether oxygens (including phenoxy) is 1. The molecule has 4 rings (SSSR count). The van der Waals surface area contributed by atoms with E-state index in [4.69, 9.17) is 4.74 Å². The van der Waals surface area contributed by atoms with Crippen molar-refractivity contribution in [1.29, 1.82) is 0 Å². The van der Waals surface area contributed by atoms with E-state index in [-0.39, 0.29) is 18.5 Å². The van der Waals surface area contributed by atoms with E-state index in [9.17, 15) is 18.0 Å². The first-order valence-electron chi connectivity index (χ1n) is 10.4. The van der Waals surface area contributed by atoms with Gasteiger partial charge in [0, 0.05) is 36.9 Å². The molecule has 1 aromatic heterocycles. The van der Waals surface area contributed by atoms with E-state index in [0.29, 0.717) is 50.5 Å². The molecule has 6 nitrogen and oxygen atoms in total. The summed E-state index contributed by atoms with van der Waals surface area (Å²) in [4.78, 5) is 14.9. The van der Waals surface area contributed by atoms with E-state index < -0.39 is 17.5 Å². The van der Waals surface area contributed by atoms with Gasteiger partial charge in [0.1, 0.15) is 0 Å². The van der Waals surface area contributed by atoms with E-state index in [1.54, 1.807) is 11.0 Å². The molecule has 0 saturated carbocycles. The quantitative estimate of drug-likeness (QED) is 0.561. The number of hydrogen-bond acceptors (Lipinski definition) is 4. The number of benzene rings is 1. The lowest BCUT2D eigenvalue weighted by molar-refractivity contribution is 0.0297. The Morgan fingerprint density at radius 2 is 1.97 bits per heavy atom. The number of fused-ring (bicyclic) bond motifs is 1. The van der Waals surface area contributed by atoms with Crippen molar-refractivity contribution in [2.45, 2.75) is 38.4 Å². The van der Waals surface area contributed by atoms with Crippen LogP contribution < -0.4 is 5.32 Å². The van der Waals surface area contributed by atoms with Crippen molar-refractivity contribution in [2.24, 2.45) is 0 Å². The smallest absolute Gasteiger partial charge is 0.274 e. The lowest BCUT2D eigenvalue weighted by Crippen LogP contribution is -2.41. The minimum Gasteiger partial charge on any atom is -0.378 e. The summed E-state index contributed by atoms with van der Waals surface area (Å²) in [5.74, 6) is -3.98. The number of allylic oxidation sites excluding steroid dienone is 1. The number of aromatic nitrogens is 2. The minimum atomic E-state index is -1.47. The fourth-order valence-corrected chi connectivity index (χ4v) is 4.20. The number of morpholine rings is 1. The Morgan fingerprint density at radius 1 is 1.26 bits per heavy atom. The standard InChI is InChI=1S/C22H25F3N4O2/c1-2-5-29-19-4-3-15(26-13-14-10-17(23)20(25)18(24)11-14)12-16(19)21(27-29)22(30)28-6-8-31-9-7-28/h2,10-11,15,26H,1,3-9,12-13H2/t15-/m1/s1. The van der Waals surface area contributed by atoms with Gasteiger partial charge in [0.05, 0.1) is 19.8 Å². The normalized spacial score (nSPS) is 18.7. The van der Waals surface area contributed by atoms with Crippen LogP contribution in [0.1, 0.15) is 33.7 Å². The van der Waals surface area contributed by atoms with Crippen LogP contribution in [0.15, 0.2) is 24.8 Å². The summed E-state index contributed by atoms with van der Waals surface area (Å²) >= 11 is 0. The number of halogens is 3. The number of carbonyl (C=O) groups is 1. The SMILES string of the molecule is C=CCn1nc(C(=O)N2CCOCC2)c2c1CC[C@@H](NCc1cc(F)c(F)c(F)c1)C2. The van der Waals surface area contributed by atoms with Gasteiger partial charge < -0.3 is 15.0 Å². The second kappa shape index (κ2) is 9.23. The molecule has 1 saturated heterocycles. The van der Waals surface area contributed by atoms with Gasteiger partial charge in [0.2, 0.25) is 0 Å². The molecule has 0 bridgehead atoms. The van der Waals surface area contributed by atoms with Crippen LogP contribution in [0.25, 0.3) is 0 Å². The topological polar surface area (TPSA) is 59.4 Å². The maximum atomic E-state index is 13.5. The van der Waals surface area contributed by atoms with Crippen molar-refractivity contribution in [1.82, 2.24) is 20.0 Å². The highest BCUT2D eigenvalue weighted by atomic mass is 19.2. The van der Waals surface area contributed by atoms with Gasteiger partial charge in [0.25, 0.3) is 5.91 Å². The van der Waals surface area contributed by atoms with E-state index in [1.807, 2.05) is 4.68 Å². The molecule has 1 aliphatic carbocycles. The van der Waals surface area contributed by atoms with Crippen molar-refractivity contribution < 1.29 is 22.7 Å². The van der Waals surface area contributed by atoms with Crippen molar-refractivity contribution in [3.05, 3.63) is 64.8 Å². The summed E-state index contributed by atoms with van der Waals surface area (Å²) in [6.07, 6.45) is 3.83. The third-order valence-corrected chi connectivity index (χ3v) is 5.79. The van der Waals surface area contributed by atoms with Crippen LogP contribution in [0.2, 0.25) is 0 Å². The van der Waals surface area contributed by atoms with Gasteiger partial charge in [-0.3, -0.25) is 9.48 Å². The minimum absolute atomic E-state index is 0.00120. The van der Waals surface area contributed by atoms with Crippen LogP contribution in [-0.2, 0) is 30.7 Å². The molecule has 31 heavy (non-hydrogen) atoms. The number of amides is 1. The number of rotatable bonds is 6. The molecule has 1 aliphatic heterocycles. The van der Waals surface area contributed by atoms with Crippen molar-refractivity contribution >= 4 is 5.91 Å². The number of carbonyl (C=O) groups excluding carboxylic acids is 1. The van der Waals surface area contributed by atoms with Gasteiger partial charge in [-0.05, 0) is 37.0 Å². The van der Waals surface area contributed by atoms with Gasteiger partial charge in [-0.2, -0.15) is 5.10 Å². The fraction of sp³-hybridized carbons (Fsp3) is 0.455. The first-order chi connectivity index (χ1) is 15.0. The Bertz CT molecular complexity index is 962. The zero-order valence-corrected chi connectivity index (χ0v) is 17.2. The van der Waals surface area contributed by atoms with Crippen molar-refractivity contribution in [3.63, 3.8) is 0 Å². The van der Waals surface area contributed by atoms with Crippen molar-refractivity contribution in [2.75, 3.05) is 26.3 Å². The summed E-state index contributed by atoms with van der Waals surface area (Å²) in [5.41, 5.74) is 2.70. The lowest BCUT2D eigenvalue weighted by Gasteiger charge is -2.28. The average Bonchev–Trinajstić information content (AvgIpc) is 3.14. The summed E-state index contributed by atoms with van der Waals surface area (Å²) in [6, 6.07) is 1.99. The number of nitrogens with zero attached hydrogens (tertiary/aromatic N) is 3. The molecule has 1 aromatic carbocycles. The van der Waals surface area contributed by atoms with Gasteiger partial charge in [-0.1, -0.05) is 6.08 Å². The number of hydrogen-bond donors (Lipinski definition) is 1. The zero-order valence-electron chi connectivity index (χ0n) is 17.2. The lowest BCUT2D eigenvalue weighted by atomic mass is 9.90. The van der Waals surface area contributed by atoms with Crippen LogP contribution in [0.3, 0.4) is 0 Å². The van der Waals surface area contributed by atoms with Gasteiger partial charge in [-0.15, -0.1) is 6.58 Å². The first kappa shape index (κ1) is 21.6. The van der Waals surface area contributed by atoms with E-state index >= 15 is 0 Å². The third-order valence-electron chi connectivity index (χ3n) is 5.79. The Labute approximate surface area is 178 Å². The average molecular weight is 434 g/mol. The van der Waals surface area contributed by atoms with Gasteiger partial charge in [0.15, 0.2) is 23.1 Å². The molecule has 1 N–H and O–H groups in total. The first-order valence-corrected chi connectivity index (χ1v) is 10.4. The second-order valence-corrected chi connectivity index (χ2v) is 7.84. The van der Waals surface area contributed by atoms with Crippen molar-refractivity contribution in [3.8, 4) is 0 Å². The van der Waals surface area contributed by atoms with Gasteiger partial charge >= 0.3 is 0 Å². The molecule has 9 heteroatoms. The molecular formula is C22H25F3N4O2. The molecule has 166 valence electrons. The van der Waals surface area contributed by atoms with Crippen LogP contribution in [0.4, 0.5) is 13.2 Å². The largest absolute Gasteiger partial charge is 0.378 e. The molecule has 2 heterocycles. The molecule has 1 fully saturated rings. The highest BCUT2D eigenvalue weighted by Gasteiger charge is 2.31. The molecule has 1 amide bonds. The van der Waals surface area contributed by atoms with E-state index in [0.717, 1.165) is 36.2 Å². The summed E-state index contributed by atoms with van der Waals surface area (Å²) in [7, 11) is 0. The molecule has 2 aliphatic rings. The van der Waals surface area contributed by atoms with Crippen LogP contribution in [-0.4, -0.2) is 52.9 Å². The number of nitrogens with one attached hydrogen (secondary N) is 1. The molecule has 0 unspecified atom stereocenters. The van der Waals surface area contributed by atoms with E-state index in [1.165, 1.54) is 0 Å².